The number of pyridine rings is 1. The molecule has 1 aromatic carbocycles. The highest BCUT2D eigenvalue weighted by Gasteiger charge is 2.35. The van der Waals surface area contributed by atoms with E-state index in [0.717, 1.165) is 32.5 Å². The van der Waals surface area contributed by atoms with Gasteiger partial charge in [-0.05, 0) is 57.0 Å². The first-order chi connectivity index (χ1) is 16.1. The minimum absolute atomic E-state index is 0.0895. The number of carbonyl (C=O) groups excluding carboxylic acids is 3. The Morgan fingerprint density at radius 1 is 1.03 bits per heavy atom. The van der Waals surface area contributed by atoms with Crippen LogP contribution in [0.15, 0.2) is 54.7 Å². The van der Waals surface area contributed by atoms with Crippen LogP contribution in [0.3, 0.4) is 0 Å². The van der Waals surface area contributed by atoms with Gasteiger partial charge in [0, 0.05) is 24.3 Å². The summed E-state index contributed by atoms with van der Waals surface area (Å²) in [4.78, 5) is 41.9. The molecule has 7 nitrogen and oxygen atoms in total. The van der Waals surface area contributed by atoms with Crippen molar-refractivity contribution in [1.29, 1.82) is 0 Å². The number of aromatic nitrogens is 1. The van der Waals surface area contributed by atoms with Gasteiger partial charge in [0.2, 0.25) is 5.78 Å². The summed E-state index contributed by atoms with van der Waals surface area (Å²) in [5.41, 5.74) is 1.81. The number of hydrogen-bond acceptors (Lipinski definition) is 5. The van der Waals surface area contributed by atoms with Gasteiger partial charge in [0.15, 0.2) is 0 Å². The number of ether oxygens (including phenoxy) is 1. The Hall–Kier alpha value is -3.45. The average molecular weight is 446 g/mol. The van der Waals surface area contributed by atoms with Gasteiger partial charge in [-0.2, -0.15) is 0 Å². The molecule has 0 radical (unpaired) electrons. The summed E-state index contributed by atoms with van der Waals surface area (Å²) in [5, 5.41) is 3.20. The monoisotopic (exact) mass is 445 g/mol. The van der Waals surface area contributed by atoms with Crippen LogP contribution in [0.2, 0.25) is 0 Å². The molecule has 0 unspecified atom stereocenters. The zero-order valence-electron chi connectivity index (χ0n) is 18.6. The molecule has 0 spiro atoms. The van der Waals surface area contributed by atoms with Crippen molar-refractivity contribution < 1.29 is 19.1 Å². The van der Waals surface area contributed by atoms with E-state index in [9.17, 15) is 14.4 Å². The van der Waals surface area contributed by atoms with Crippen LogP contribution < -0.4 is 5.32 Å². The first kappa shape index (κ1) is 21.4. The summed E-state index contributed by atoms with van der Waals surface area (Å²) in [7, 11) is 0. The van der Waals surface area contributed by atoms with E-state index in [0.29, 0.717) is 28.3 Å². The highest BCUT2D eigenvalue weighted by molar-refractivity contribution is 6.14. The van der Waals surface area contributed by atoms with Gasteiger partial charge >= 0.3 is 5.97 Å². The van der Waals surface area contributed by atoms with Gasteiger partial charge in [0.1, 0.15) is 0 Å². The van der Waals surface area contributed by atoms with Crippen molar-refractivity contribution >= 4 is 23.2 Å². The Labute approximate surface area is 192 Å². The minimum Gasteiger partial charge on any atom is -0.462 e. The van der Waals surface area contributed by atoms with Crippen molar-refractivity contribution in [3.8, 4) is 0 Å². The fraction of sp³-hybridized carbons (Fsp3) is 0.346. The van der Waals surface area contributed by atoms with Crippen LogP contribution in [0, 0.1) is 5.92 Å². The molecule has 0 saturated carbocycles. The summed E-state index contributed by atoms with van der Waals surface area (Å²) in [6.07, 6.45) is 3.88. The molecule has 3 aliphatic heterocycles. The molecule has 6 rings (SSSR count). The lowest BCUT2D eigenvalue weighted by Crippen LogP contribution is -2.57. The van der Waals surface area contributed by atoms with Crippen molar-refractivity contribution in [2.75, 3.05) is 26.2 Å². The van der Waals surface area contributed by atoms with E-state index in [2.05, 4.69) is 10.2 Å². The molecule has 2 aromatic heterocycles. The minimum atomic E-state index is -0.551. The number of fused-ring (bicyclic) bond motifs is 4. The lowest BCUT2D eigenvalue weighted by Gasteiger charge is -2.44. The Morgan fingerprint density at radius 3 is 2.45 bits per heavy atom. The second-order valence-electron chi connectivity index (χ2n) is 8.72. The van der Waals surface area contributed by atoms with E-state index in [1.165, 1.54) is 6.07 Å². The highest BCUT2D eigenvalue weighted by atomic mass is 16.5. The number of hydrogen-bond donors (Lipinski definition) is 1. The van der Waals surface area contributed by atoms with Crippen LogP contribution in [0.1, 0.15) is 56.5 Å². The topological polar surface area (TPSA) is 80.1 Å². The maximum absolute atomic E-state index is 13.4. The second kappa shape index (κ2) is 8.83. The van der Waals surface area contributed by atoms with Gasteiger partial charge in [-0.3, -0.25) is 9.59 Å². The predicted molar refractivity (Wildman–Crippen MR) is 124 cm³/mol. The van der Waals surface area contributed by atoms with E-state index in [1.807, 2.05) is 6.07 Å². The Bertz CT molecular complexity index is 1210. The second-order valence-corrected chi connectivity index (χ2v) is 8.72. The number of piperidine rings is 3. The van der Waals surface area contributed by atoms with Crippen LogP contribution in [0.25, 0.3) is 5.52 Å². The number of esters is 1. The lowest BCUT2D eigenvalue weighted by atomic mass is 9.84. The smallest absolute Gasteiger partial charge is 0.340 e. The van der Waals surface area contributed by atoms with Gasteiger partial charge in [-0.25, -0.2) is 4.79 Å². The average Bonchev–Trinajstić information content (AvgIpc) is 3.25. The van der Waals surface area contributed by atoms with Crippen molar-refractivity contribution in [1.82, 2.24) is 14.6 Å². The maximum atomic E-state index is 13.4. The molecule has 3 saturated heterocycles. The zero-order valence-corrected chi connectivity index (χ0v) is 18.6. The molecule has 170 valence electrons. The predicted octanol–water partition coefficient (Wildman–Crippen LogP) is 3.17. The van der Waals surface area contributed by atoms with E-state index >= 15 is 0 Å². The van der Waals surface area contributed by atoms with E-state index in [-0.39, 0.29) is 29.9 Å². The first-order valence-corrected chi connectivity index (χ1v) is 11.5. The molecule has 33 heavy (non-hydrogen) atoms. The quantitative estimate of drug-likeness (QED) is 0.466. The van der Waals surface area contributed by atoms with Crippen molar-refractivity contribution in [3.63, 3.8) is 0 Å². The number of ketones is 1. The Balaban J connectivity index is 1.56. The molecular weight excluding hydrogens is 418 g/mol. The van der Waals surface area contributed by atoms with Crippen LogP contribution in [-0.4, -0.2) is 59.2 Å². The van der Waals surface area contributed by atoms with Crippen LogP contribution in [0.5, 0.6) is 0 Å². The number of nitrogens with zero attached hydrogens (tertiary/aromatic N) is 2. The summed E-state index contributed by atoms with van der Waals surface area (Å²) in [6, 6.07) is 13.9. The van der Waals surface area contributed by atoms with Crippen molar-refractivity contribution in [2.45, 2.75) is 25.8 Å². The van der Waals surface area contributed by atoms with Gasteiger partial charge in [-0.15, -0.1) is 0 Å². The number of carbonyl (C=O) groups is 3. The van der Waals surface area contributed by atoms with Crippen LogP contribution in [0.4, 0.5) is 0 Å². The van der Waals surface area contributed by atoms with Gasteiger partial charge in [0.25, 0.3) is 5.91 Å². The summed E-state index contributed by atoms with van der Waals surface area (Å²) in [6.45, 7) is 4.95. The highest BCUT2D eigenvalue weighted by Crippen LogP contribution is 2.29. The first-order valence-electron chi connectivity index (χ1n) is 11.5. The molecule has 3 aromatic rings. The van der Waals surface area contributed by atoms with E-state index in [4.69, 9.17) is 4.74 Å². The molecule has 0 aliphatic carbocycles. The molecule has 2 bridgehead atoms. The summed E-state index contributed by atoms with van der Waals surface area (Å²) >= 11 is 0. The number of rotatable bonds is 6. The fourth-order valence-corrected chi connectivity index (χ4v) is 5.09. The fourth-order valence-electron chi connectivity index (χ4n) is 5.09. The Morgan fingerprint density at radius 2 is 1.79 bits per heavy atom. The van der Waals surface area contributed by atoms with E-state index < -0.39 is 5.97 Å². The van der Waals surface area contributed by atoms with E-state index in [1.54, 1.807) is 53.9 Å². The molecule has 1 atom stereocenters. The third-order valence-electron chi connectivity index (χ3n) is 6.77. The summed E-state index contributed by atoms with van der Waals surface area (Å²) < 4.78 is 6.89. The lowest BCUT2D eigenvalue weighted by molar-refractivity contribution is 0.0528. The standard InChI is InChI=1S/C26H27N3O4/c1-2-33-26(32)20-15-22(24(30)18-7-4-3-5-8-18)29-12-6-9-19(23(20)29)25(31)27-21-16-28-13-10-17(21)11-14-28/h3-9,12,15,17,21H,2,10-11,13-14,16H2,1H3,(H,27,31)/t21-/m0/s1. The molecule has 5 heterocycles. The zero-order chi connectivity index (χ0) is 22.9. The van der Waals surface area contributed by atoms with Crippen LogP contribution in [-0.2, 0) is 4.74 Å². The summed E-state index contributed by atoms with van der Waals surface area (Å²) in [5.74, 6) is -0.534. The third-order valence-corrected chi connectivity index (χ3v) is 6.77. The number of benzene rings is 1. The molecule has 1 amide bonds. The largest absolute Gasteiger partial charge is 0.462 e. The molecule has 3 aliphatic rings. The molecule has 1 N–H and O–H groups in total. The SMILES string of the molecule is CCOC(=O)c1cc(C(=O)c2ccccc2)n2cccc(C(=O)N[C@H]3CN4CCC3CC4)c12. The van der Waals surface area contributed by atoms with Crippen molar-refractivity contribution in [3.05, 3.63) is 77.1 Å². The third kappa shape index (κ3) is 3.93. The van der Waals surface area contributed by atoms with Gasteiger partial charge in [-0.1, -0.05) is 30.3 Å². The van der Waals surface area contributed by atoms with Crippen molar-refractivity contribution in [2.24, 2.45) is 5.92 Å². The number of amides is 1. The molecular formula is C26H27N3O4. The Kier molecular flexibility index (Phi) is 5.72. The normalized spacial score (nSPS) is 21.7. The van der Waals surface area contributed by atoms with Gasteiger partial charge in [0.05, 0.1) is 28.9 Å². The van der Waals surface area contributed by atoms with Crippen LogP contribution >= 0.6 is 0 Å². The molecule has 3 fully saturated rings. The maximum Gasteiger partial charge on any atom is 0.340 e. The molecule has 7 heteroatoms. The van der Waals surface area contributed by atoms with Gasteiger partial charge < -0.3 is 19.4 Å². The number of nitrogens with one attached hydrogen (secondary N) is 1.